The van der Waals surface area contributed by atoms with Crippen molar-refractivity contribution in [1.29, 1.82) is 0 Å². The number of methoxy groups -OCH3 is 2. The zero-order valence-corrected chi connectivity index (χ0v) is 17.8. The number of anilines is 1. The molecule has 160 valence electrons. The van der Waals surface area contributed by atoms with Crippen molar-refractivity contribution in [1.82, 2.24) is 14.9 Å². The van der Waals surface area contributed by atoms with Crippen molar-refractivity contribution in [2.45, 2.75) is 6.42 Å². The molecule has 0 saturated carbocycles. The van der Waals surface area contributed by atoms with Crippen molar-refractivity contribution < 1.29 is 22.7 Å². The first-order valence-electron chi connectivity index (χ1n) is 8.72. The Hall–Kier alpha value is -2.37. The van der Waals surface area contributed by atoms with Crippen LogP contribution in [0.5, 0.6) is 11.5 Å². The van der Waals surface area contributed by atoms with Crippen molar-refractivity contribution in [2.24, 2.45) is 5.14 Å². The van der Waals surface area contributed by atoms with Crippen LogP contribution in [0, 0.1) is 0 Å². The average molecular weight is 446 g/mol. The number of sulfonamides is 1. The Morgan fingerprint density at radius 2 is 1.79 bits per heavy atom. The molecule has 0 atom stereocenters. The van der Waals surface area contributed by atoms with Crippen LogP contribution in [0.4, 0.5) is 5.82 Å². The number of nitrogens with two attached hydrogens (primary N) is 1. The number of benzene rings is 1. The number of carbonyl (C=O) groups is 1. The fourth-order valence-electron chi connectivity index (χ4n) is 3.26. The summed E-state index contributed by atoms with van der Waals surface area (Å²) in [7, 11) is -0.718. The van der Waals surface area contributed by atoms with Crippen LogP contribution < -0.4 is 19.5 Å². The Balaban J connectivity index is 0.00000300. The Kier molecular flexibility index (Phi) is 7.44. The Morgan fingerprint density at radius 1 is 1.10 bits per heavy atom. The third-order valence-corrected chi connectivity index (χ3v) is 5.24. The highest BCUT2D eigenvalue weighted by Gasteiger charge is 2.24. The molecule has 10 nitrogen and oxygen atoms in total. The molecule has 0 bridgehead atoms. The molecule has 3 rings (SSSR count). The van der Waals surface area contributed by atoms with Gasteiger partial charge in [-0.05, 0) is 12.5 Å². The summed E-state index contributed by atoms with van der Waals surface area (Å²) in [4.78, 5) is 24.5. The molecule has 1 aliphatic heterocycles. The number of primary sulfonamides is 1. The number of halogens is 1. The third-order valence-electron chi connectivity index (χ3n) is 4.59. The highest BCUT2D eigenvalue weighted by Crippen LogP contribution is 2.34. The summed E-state index contributed by atoms with van der Waals surface area (Å²) in [6.45, 7) is 2.02. The molecule has 2 aromatic rings. The molecule has 0 spiro atoms. The second-order valence-electron chi connectivity index (χ2n) is 6.45. The fourth-order valence-corrected chi connectivity index (χ4v) is 3.79. The number of fused-ring (bicyclic) bond motifs is 1. The highest BCUT2D eigenvalue weighted by molar-refractivity contribution is 7.89. The normalized spacial score (nSPS) is 14.9. The van der Waals surface area contributed by atoms with Crippen LogP contribution in [0.15, 0.2) is 18.5 Å². The monoisotopic (exact) mass is 445 g/mol. The number of ether oxygens (including phenoxy) is 2. The maximum absolute atomic E-state index is 12.2. The lowest BCUT2D eigenvalue weighted by Crippen LogP contribution is -2.40. The lowest BCUT2D eigenvalue weighted by atomic mass is 10.2. The lowest BCUT2D eigenvalue weighted by Gasteiger charge is -2.24. The van der Waals surface area contributed by atoms with Crippen LogP contribution in [-0.4, -0.2) is 75.3 Å². The van der Waals surface area contributed by atoms with Crippen LogP contribution in [0.3, 0.4) is 0 Å². The van der Waals surface area contributed by atoms with Crippen LogP contribution >= 0.6 is 12.4 Å². The van der Waals surface area contributed by atoms with Crippen LogP contribution in [0.2, 0.25) is 0 Å². The van der Waals surface area contributed by atoms with E-state index in [0.717, 1.165) is 11.2 Å². The molecule has 2 heterocycles. The first-order valence-corrected chi connectivity index (χ1v) is 10.4. The number of carbonyl (C=O) groups excluding carboxylic acids is 1. The van der Waals surface area contributed by atoms with Crippen molar-refractivity contribution in [3.63, 3.8) is 0 Å². The van der Waals surface area contributed by atoms with Gasteiger partial charge in [-0.3, -0.25) is 4.79 Å². The Morgan fingerprint density at radius 3 is 2.45 bits per heavy atom. The van der Waals surface area contributed by atoms with Gasteiger partial charge in [0.05, 0.1) is 19.7 Å². The van der Waals surface area contributed by atoms with Crippen molar-refractivity contribution in [3.8, 4) is 11.5 Å². The van der Waals surface area contributed by atoms with E-state index < -0.39 is 21.7 Å². The molecule has 29 heavy (non-hydrogen) atoms. The molecule has 0 unspecified atom stereocenters. The van der Waals surface area contributed by atoms with E-state index in [-0.39, 0.29) is 12.4 Å². The van der Waals surface area contributed by atoms with Crippen LogP contribution in [0.25, 0.3) is 10.9 Å². The molecule has 2 N–H and O–H groups in total. The molecule has 0 radical (unpaired) electrons. The molecule has 12 heteroatoms. The van der Waals surface area contributed by atoms with Crippen LogP contribution in [0.1, 0.15) is 6.42 Å². The number of hydrogen-bond acceptors (Lipinski definition) is 8. The van der Waals surface area contributed by atoms with Crippen molar-refractivity contribution in [2.75, 3.05) is 51.1 Å². The minimum atomic E-state index is -3.84. The molecule has 1 aromatic heterocycles. The van der Waals surface area contributed by atoms with Crippen molar-refractivity contribution >= 4 is 45.1 Å². The highest BCUT2D eigenvalue weighted by atomic mass is 35.5. The van der Waals surface area contributed by atoms with Gasteiger partial charge in [0, 0.05) is 37.6 Å². The summed E-state index contributed by atoms with van der Waals surface area (Å²) in [5.74, 6) is 0.719. The maximum atomic E-state index is 12.2. The maximum Gasteiger partial charge on any atom is 0.239 e. The number of hydrogen-bond donors (Lipinski definition) is 1. The predicted molar refractivity (Wildman–Crippen MR) is 111 cm³/mol. The molecule has 0 aliphatic carbocycles. The Labute approximate surface area is 175 Å². The van der Waals surface area contributed by atoms with Gasteiger partial charge >= 0.3 is 0 Å². The SMILES string of the molecule is COc1cc2ncnc(N3CCCN(C(=O)CS(N)(=O)=O)CC3)c2cc1OC.Cl. The van der Waals surface area contributed by atoms with Gasteiger partial charge in [0.1, 0.15) is 17.9 Å². The molecular formula is C17H24ClN5O5S. The van der Waals surface area contributed by atoms with E-state index in [1.807, 2.05) is 6.07 Å². The number of amides is 1. The molecule has 1 aliphatic rings. The molecule has 1 saturated heterocycles. The van der Waals surface area contributed by atoms with Gasteiger partial charge in [-0.1, -0.05) is 0 Å². The van der Waals surface area contributed by atoms with Gasteiger partial charge in [0.15, 0.2) is 11.5 Å². The topological polar surface area (TPSA) is 128 Å². The van der Waals surface area contributed by atoms with E-state index >= 15 is 0 Å². The van der Waals surface area contributed by atoms with Gasteiger partial charge in [-0.15, -0.1) is 12.4 Å². The first-order chi connectivity index (χ1) is 13.3. The zero-order chi connectivity index (χ0) is 20.3. The average Bonchev–Trinajstić information content (AvgIpc) is 2.91. The summed E-state index contributed by atoms with van der Waals surface area (Å²) >= 11 is 0. The smallest absolute Gasteiger partial charge is 0.239 e. The zero-order valence-electron chi connectivity index (χ0n) is 16.2. The van der Waals surface area contributed by atoms with Crippen LogP contribution in [-0.2, 0) is 14.8 Å². The van der Waals surface area contributed by atoms with Crippen molar-refractivity contribution in [3.05, 3.63) is 18.5 Å². The van der Waals surface area contributed by atoms with Gasteiger partial charge in [-0.25, -0.2) is 23.5 Å². The lowest BCUT2D eigenvalue weighted by molar-refractivity contribution is -0.128. The summed E-state index contributed by atoms with van der Waals surface area (Å²) in [6, 6.07) is 3.62. The van der Waals surface area contributed by atoms with Gasteiger partial charge in [-0.2, -0.15) is 0 Å². The quantitative estimate of drug-likeness (QED) is 0.700. The van der Waals surface area contributed by atoms with E-state index in [9.17, 15) is 13.2 Å². The van der Waals surface area contributed by atoms with E-state index in [1.165, 1.54) is 11.2 Å². The van der Waals surface area contributed by atoms with E-state index in [4.69, 9.17) is 14.6 Å². The van der Waals surface area contributed by atoms with Gasteiger partial charge in [0.2, 0.25) is 15.9 Å². The number of aromatic nitrogens is 2. The van der Waals surface area contributed by atoms with E-state index in [1.54, 1.807) is 20.3 Å². The second-order valence-corrected chi connectivity index (χ2v) is 8.06. The minimum Gasteiger partial charge on any atom is -0.493 e. The predicted octanol–water partition coefficient (Wildman–Crippen LogP) is 0.396. The summed E-state index contributed by atoms with van der Waals surface area (Å²) in [5.41, 5.74) is 0.717. The molecule has 1 fully saturated rings. The van der Waals surface area contributed by atoms with E-state index in [0.29, 0.717) is 49.6 Å². The molecular weight excluding hydrogens is 422 g/mol. The molecule has 1 aromatic carbocycles. The summed E-state index contributed by atoms with van der Waals surface area (Å²) < 4.78 is 33.1. The summed E-state index contributed by atoms with van der Waals surface area (Å²) in [5, 5.41) is 5.80. The number of nitrogens with zero attached hydrogens (tertiary/aromatic N) is 4. The molecule has 1 amide bonds. The summed E-state index contributed by atoms with van der Waals surface area (Å²) in [6.07, 6.45) is 2.16. The second kappa shape index (κ2) is 9.42. The fraction of sp³-hybridized carbons (Fsp3) is 0.471. The largest absolute Gasteiger partial charge is 0.493 e. The minimum absolute atomic E-state index is 0. The van der Waals surface area contributed by atoms with E-state index in [2.05, 4.69) is 14.9 Å². The first kappa shape index (κ1) is 22.9. The Bertz CT molecular complexity index is 988. The van der Waals surface area contributed by atoms with Gasteiger partial charge < -0.3 is 19.3 Å². The van der Waals surface area contributed by atoms with Gasteiger partial charge in [0.25, 0.3) is 0 Å². The standard InChI is InChI=1S/C17H23N5O5S.ClH/c1-26-14-8-12-13(9-15(14)27-2)19-11-20-17(12)22-5-3-4-21(6-7-22)16(23)10-28(18,24)25;/h8-9,11H,3-7,10H2,1-2H3,(H2,18,24,25);1H. The number of rotatable bonds is 5. The third kappa shape index (κ3) is 5.37.